The largest absolute Gasteiger partial charge is 0.355 e. The number of nitrogens with one attached hydrogen (secondary N) is 2. The number of hydrogen-bond acceptors (Lipinski definition) is 2. The Morgan fingerprint density at radius 1 is 1.08 bits per heavy atom. The Labute approximate surface area is 161 Å². The molecule has 0 aliphatic heterocycles. The van der Waals surface area contributed by atoms with Gasteiger partial charge in [0, 0.05) is 17.3 Å². The van der Waals surface area contributed by atoms with E-state index in [0.29, 0.717) is 23.7 Å². The molecule has 0 unspecified atom stereocenters. The Morgan fingerprint density at radius 2 is 1.81 bits per heavy atom. The molecule has 4 nitrogen and oxygen atoms in total. The predicted molar refractivity (Wildman–Crippen MR) is 102 cm³/mol. The van der Waals surface area contributed by atoms with Crippen LogP contribution in [-0.4, -0.2) is 18.4 Å². The van der Waals surface area contributed by atoms with Gasteiger partial charge in [-0.15, -0.1) is 0 Å². The van der Waals surface area contributed by atoms with Gasteiger partial charge in [-0.05, 0) is 56.2 Å². The molecule has 2 rings (SSSR count). The first-order valence-electron chi connectivity index (χ1n) is 7.99. The van der Waals surface area contributed by atoms with Gasteiger partial charge in [0.1, 0.15) is 11.2 Å². The summed E-state index contributed by atoms with van der Waals surface area (Å²) in [5, 5.41) is 5.85. The monoisotopic (exact) mass is 396 g/mol. The van der Waals surface area contributed by atoms with E-state index in [1.165, 1.54) is 26.0 Å². The van der Waals surface area contributed by atoms with E-state index in [1.54, 1.807) is 6.07 Å². The van der Waals surface area contributed by atoms with Crippen LogP contribution in [0.15, 0.2) is 42.5 Å². The molecule has 0 atom stereocenters. The highest BCUT2D eigenvalue weighted by Gasteiger charge is 2.35. The van der Waals surface area contributed by atoms with E-state index in [1.807, 2.05) is 18.2 Å². The molecule has 0 fully saturated rings. The van der Waals surface area contributed by atoms with Crippen molar-refractivity contribution in [1.82, 2.24) is 5.32 Å². The molecule has 2 aromatic rings. The third-order valence-corrected chi connectivity index (χ3v) is 4.43. The van der Waals surface area contributed by atoms with Crippen LogP contribution in [0.5, 0.6) is 0 Å². The van der Waals surface area contributed by atoms with Crippen molar-refractivity contribution >= 4 is 40.7 Å². The Bertz CT molecular complexity index is 825. The van der Waals surface area contributed by atoms with E-state index >= 15 is 0 Å². The van der Waals surface area contributed by atoms with Crippen LogP contribution in [0.25, 0.3) is 0 Å². The van der Waals surface area contributed by atoms with Crippen LogP contribution in [0.4, 0.5) is 10.1 Å². The molecule has 0 aromatic heterocycles. The van der Waals surface area contributed by atoms with Crippen LogP contribution < -0.4 is 10.6 Å². The zero-order chi connectivity index (χ0) is 19.3. The average molecular weight is 397 g/mol. The van der Waals surface area contributed by atoms with Crippen molar-refractivity contribution in [2.24, 2.45) is 5.41 Å². The zero-order valence-corrected chi connectivity index (χ0v) is 15.9. The van der Waals surface area contributed by atoms with Crippen molar-refractivity contribution in [2.75, 3.05) is 11.9 Å². The molecule has 7 heteroatoms. The van der Waals surface area contributed by atoms with Gasteiger partial charge in [0.05, 0.1) is 5.02 Å². The molecular weight excluding hydrogens is 378 g/mol. The summed E-state index contributed by atoms with van der Waals surface area (Å²) >= 11 is 11.6. The molecule has 2 aromatic carbocycles. The minimum Gasteiger partial charge on any atom is -0.355 e. The summed E-state index contributed by atoms with van der Waals surface area (Å²) in [7, 11) is 0. The summed E-state index contributed by atoms with van der Waals surface area (Å²) in [6.07, 6.45) is 0.595. The lowest BCUT2D eigenvalue weighted by Crippen LogP contribution is -2.45. The lowest BCUT2D eigenvalue weighted by atomic mass is 9.91. The average Bonchev–Trinajstić information content (AvgIpc) is 2.58. The summed E-state index contributed by atoms with van der Waals surface area (Å²) in [5.41, 5.74) is -0.00272. The van der Waals surface area contributed by atoms with Gasteiger partial charge in [0.15, 0.2) is 0 Å². The molecule has 0 spiro atoms. The third kappa shape index (κ3) is 5.19. The van der Waals surface area contributed by atoms with Crippen LogP contribution in [0, 0.1) is 11.2 Å². The van der Waals surface area contributed by atoms with Crippen molar-refractivity contribution in [3.05, 3.63) is 63.9 Å². The molecule has 0 aliphatic carbocycles. The zero-order valence-electron chi connectivity index (χ0n) is 14.4. The Morgan fingerprint density at radius 3 is 2.46 bits per heavy atom. The van der Waals surface area contributed by atoms with Gasteiger partial charge in [0.25, 0.3) is 0 Å². The van der Waals surface area contributed by atoms with E-state index in [4.69, 9.17) is 23.2 Å². The number of amides is 2. The number of halogens is 3. The minimum absolute atomic E-state index is 0.105. The summed E-state index contributed by atoms with van der Waals surface area (Å²) in [6, 6.07) is 11.2. The van der Waals surface area contributed by atoms with E-state index in [-0.39, 0.29) is 5.02 Å². The highest BCUT2D eigenvalue weighted by Crippen LogP contribution is 2.23. The van der Waals surface area contributed by atoms with E-state index in [9.17, 15) is 14.0 Å². The van der Waals surface area contributed by atoms with Gasteiger partial charge < -0.3 is 10.6 Å². The topological polar surface area (TPSA) is 58.2 Å². The minimum atomic E-state index is -1.31. The van der Waals surface area contributed by atoms with E-state index < -0.39 is 23.0 Å². The number of carbonyl (C=O) groups excluding carboxylic acids is 2. The van der Waals surface area contributed by atoms with E-state index in [2.05, 4.69) is 10.6 Å². The second-order valence-corrected chi connectivity index (χ2v) is 7.19. The van der Waals surface area contributed by atoms with Crippen molar-refractivity contribution < 1.29 is 14.0 Å². The molecular formula is C19H19Cl2FN2O2. The van der Waals surface area contributed by atoms with Crippen LogP contribution >= 0.6 is 23.2 Å². The molecule has 26 heavy (non-hydrogen) atoms. The molecule has 0 aliphatic rings. The van der Waals surface area contributed by atoms with Gasteiger partial charge in [-0.1, -0.05) is 35.3 Å². The molecule has 138 valence electrons. The number of hydrogen-bond donors (Lipinski definition) is 2. The van der Waals surface area contributed by atoms with Crippen molar-refractivity contribution in [2.45, 2.75) is 20.3 Å². The Balaban J connectivity index is 1.93. The predicted octanol–water partition coefficient (Wildman–Crippen LogP) is 4.46. The van der Waals surface area contributed by atoms with Gasteiger partial charge in [-0.2, -0.15) is 0 Å². The molecule has 0 bridgehead atoms. The van der Waals surface area contributed by atoms with Gasteiger partial charge in [-0.3, -0.25) is 9.59 Å². The van der Waals surface area contributed by atoms with Crippen LogP contribution in [0.1, 0.15) is 19.4 Å². The fourth-order valence-corrected chi connectivity index (χ4v) is 2.59. The number of rotatable bonds is 6. The standard InChI is InChI=1S/C19H19Cl2FN2O2/c1-19(2,18(26)24-14-6-7-16(22)15(21)11-14)17(25)23-9-8-12-4-3-5-13(20)10-12/h3-7,10-11H,8-9H2,1-2H3,(H,23,25)(H,24,26). The Kier molecular flexibility index (Phi) is 6.62. The third-order valence-electron chi connectivity index (χ3n) is 3.90. The molecule has 2 amide bonds. The first kappa shape index (κ1) is 20.2. The fourth-order valence-electron chi connectivity index (χ4n) is 2.20. The quantitative estimate of drug-likeness (QED) is 0.708. The van der Waals surface area contributed by atoms with Crippen LogP contribution in [0.3, 0.4) is 0 Å². The highest BCUT2D eigenvalue weighted by atomic mass is 35.5. The van der Waals surface area contributed by atoms with Crippen molar-refractivity contribution in [1.29, 1.82) is 0 Å². The summed E-state index contributed by atoms with van der Waals surface area (Å²) < 4.78 is 13.2. The molecule has 2 N–H and O–H groups in total. The van der Waals surface area contributed by atoms with Gasteiger partial charge in [0.2, 0.25) is 11.8 Å². The lowest BCUT2D eigenvalue weighted by molar-refractivity contribution is -0.138. The molecule has 0 heterocycles. The highest BCUT2D eigenvalue weighted by molar-refractivity contribution is 6.31. The van der Waals surface area contributed by atoms with Gasteiger partial charge in [-0.25, -0.2) is 4.39 Å². The van der Waals surface area contributed by atoms with E-state index in [0.717, 1.165) is 11.6 Å². The fraction of sp³-hybridized carbons (Fsp3) is 0.263. The van der Waals surface area contributed by atoms with Crippen LogP contribution in [-0.2, 0) is 16.0 Å². The summed E-state index contributed by atoms with van der Waals surface area (Å²) in [6.45, 7) is 3.41. The maximum absolute atomic E-state index is 13.2. The van der Waals surface area contributed by atoms with Crippen molar-refractivity contribution in [3.8, 4) is 0 Å². The number of carbonyl (C=O) groups is 2. The smallest absolute Gasteiger partial charge is 0.239 e. The molecule has 0 radical (unpaired) electrons. The second-order valence-electron chi connectivity index (χ2n) is 6.34. The molecule has 0 saturated carbocycles. The summed E-state index contributed by atoms with van der Waals surface area (Å²) in [4.78, 5) is 24.8. The second kappa shape index (κ2) is 8.52. The SMILES string of the molecule is CC(C)(C(=O)NCCc1cccc(Cl)c1)C(=O)Nc1ccc(F)c(Cl)c1. The maximum Gasteiger partial charge on any atom is 0.239 e. The number of anilines is 1. The normalized spacial score (nSPS) is 11.1. The van der Waals surface area contributed by atoms with Gasteiger partial charge >= 0.3 is 0 Å². The number of benzene rings is 2. The maximum atomic E-state index is 13.2. The summed E-state index contributed by atoms with van der Waals surface area (Å²) in [5.74, 6) is -1.51. The Hall–Kier alpha value is -2.11. The van der Waals surface area contributed by atoms with Crippen molar-refractivity contribution in [3.63, 3.8) is 0 Å². The first-order valence-corrected chi connectivity index (χ1v) is 8.75. The van der Waals surface area contributed by atoms with Crippen LogP contribution in [0.2, 0.25) is 10.0 Å². The molecule has 0 saturated heterocycles. The first-order chi connectivity index (χ1) is 12.2. The lowest BCUT2D eigenvalue weighted by Gasteiger charge is -2.23.